The smallest absolute Gasteiger partial charge is 0.347 e. The Kier molecular flexibility index (Phi) is 5.42. The number of anilines is 1. The third kappa shape index (κ3) is 3.91. The number of halogens is 1. The first-order valence-electron chi connectivity index (χ1n) is 5.96. The van der Waals surface area contributed by atoms with E-state index in [1.54, 1.807) is 6.92 Å². The standard InChI is InChI=1S/C13H18FNO3/c1-3-5-12(13(16)17-4-2)18-9-6-7-11(15)10(14)8-9/h6-8,12H,3-5,15H2,1-2H3. The average molecular weight is 255 g/mol. The first-order valence-corrected chi connectivity index (χ1v) is 5.96. The van der Waals surface area contributed by atoms with Crippen LogP contribution < -0.4 is 10.5 Å². The number of carbonyl (C=O) groups excluding carboxylic acids is 1. The number of benzene rings is 1. The third-order valence-electron chi connectivity index (χ3n) is 2.35. The van der Waals surface area contributed by atoms with Gasteiger partial charge in [0.2, 0.25) is 0 Å². The van der Waals surface area contributed by atoms with Crippen LogP contribution in [0, 0.1) is 5.82 Å². The molecule has 1 aromatic carbocycles. The predicted molar refractivity (Wildman–Crippen MR) is 66.8 cm³/mol. The van der Waals surface area contributed by atoms with Crippen LogP contribution in [0.2, 0.25) is 0 Å². The quantitative estimate of drug-likeness (QED) is 0.626. The van der Waals surface area contributed by atoms with Crippen LogP contribution in [0.25, 0.3) is 0 Å². The largest absolute Gasteiger partial charge is 0.479 e. The lowest BCUT2D eigenvalue weighted by atomic mass is 10.2. The number of esters is 1. The van der Waals surface area contributed by atoms with Gasteiger partial charge in [-0.05, 0) is 25.5 Å². The van der Waals surface area contributed by atoms with Crippen molar-refractivity contribution in [1.29, 1.82) is 0 Å². The molecule has 1 aromatic rings. The molecule has 4 nitrogen and oxygen atoms in total. The second-order valence-corrected chi connectivity index (χ2v) is 3.83. The second-order valence-electron chi connectivity index (χ2n) is 3.83. The summed E-state index contributed by atoms with van der Waals surface area (Å²) in [6.07, 6.45) is 0.573. The van der Waals surface area contributed by atoms with Gasteiger partial charge in [-0.1, -0.05) is 13.3 Å². The molecule has 0 aliphatic rings. The lowest BCUT2D eigenvalue weighted by molar-refractivity contribution is -0.151. The van der Waals surface area contributed by atoms with E-state index in [-0.39, 0.29) is 11.4 Å². The Labute approximate surface area is 106 Å². The number of rotatable bonds is 6. The summed E-state index contributed by atoms with van der Waals surface area (Å²) in [6, 6.07) is 4.09. The highest BCUT2D eigenvalue weighted by molar-refractivity contribution is 5.75. The molecule has 1 atom stereocenters. The van der Waals surface area contributed by atoms with Gasteiger partial charge in [-0.25, -0.2) is 9.18 Å². The van der Waals surface area contributed by atoms with Gasteiger partial charge in [-0.3, -0.25) is 0 Å². The number of hydrogen-bond donors (Lipinski definition) is 1. The van der Waals surface area contributed by atoms with E-state index in [0.29, 0.717) is 13.0 Å². The van der Waals surface area contributed by atoms with E-state index in [4.69, 9.17) is 15.2 Å². The van der Waals surface area contributed by atoms with Crippen molar-refractivity contribution < 1.29 is 18.7 Å². The molecule has 18 heavy (non-hydrogen) atoms. The van der Waals surface area contributed by atoms with Crippen molar-refractivity contribution in [2.45, 2.75) is 32.8 Å². The molecule has 5 heteroatoms. The van der Waals surface area contributed by atoms with Crippen LogP contribution in [-0.2, 0) is 9.53 Å². The fourth-order valence-corrected chi connectivity index (χ4v) is 1.47. The van der Waals surface area contributed by atoms with Crippen LogP contribution in [0.5, 0.6) is 5.75 Å². The molecule has 0 saturated heterocycles. The molecule has 1 rings (SSSR count). The van der Waals surface area contributed by atoms with Crippen LogP contribution in [0.15, 0.2) is 18.2 Å². The number of ether oxygens (including phenoxy) is 2. The van der Waals surface area contributed by atoms with Crippen LogP contribution in [0.1, 0.15) is 26.7 Å². The minimum absolute atomic E-state index is 0.0468. The molecule has 0 radical (unpaired) electrons. The summed E-state index contributed by atoms with van der Waals surface area (Å²) in [6.45, 7) is 3.95. The van der Waals surface area contributed by atoms with Crippen LogP contribution in [0.3, 0.4) is 0 Å². The number of hydrogen-bond acceptors (Lipinski definition) is 4. The lowest BCUT2D eigenvalue weighted by Gasteiger charge is -2.17. The first kappa shape index (κ1) is 14.3. The summed E-state index contributed by atoms with van der Waals surface area (Å²) < 4.78 is 23.6. The molecule has 0 saturated carbocycles. The van der Waals surface area contributed by atoms with E-state index >= 15 is 0 Å². The molecule has 0 aromatic heterocycles. The molecule has 1 unspecified atom stereocenters. The lowest BCUT2D eigenvalue weighted by Crippen LogP contribution is -2.29. The van der Waals surface area contributed by atoms with Gasteiger partial charge in [0.05, 0.1) is 12.3 Å². The zero-order valence-corrected chi connectivity index (χ0v) is 10.6. The van der Waals surface area contributed by atoms with Gasteiger partial charge in [-0.2, -0.15) is 0 Å². The Bertz CT molecular complexity index is 409. The van der Waals surface area contributed by atoms with Crippen molar-refractivity contribution in [3.63, 3.8) is 0 Å². The number of carbonyl (C=O) groups is 1. The molecular weight excluding hydrogens is 237 g/mol. The molecule has 0 spiro atoms. The summed E-state index contributed by atoms with van der Waals surface area (Å²) in [7, 11) is 0. The van der Waals surface area contributed by atoms with Gasteiger partial charge in [-0.15, -0.1) is 0 Å². The van der Waals surface area contributed by atoms with Gasteiger partial charge < -0.3 is 15.2 Å². The molecule has 2 N–H and O–H groups in total. The van der Waals surface area contributed by atoms with Crippen molar-refractivity contribution in [3.05, 3.63) is 24.0 Å². The van der Waals surface area contributed by atoms with Crippen LogP contribution in [-0.4, -0.2) is 18.7 Å². The summed E-state index contributed by atoms with van der Waals surface area (Å²) in [5, 5.41) is 0. The van der Waals surface area contributed by atoms with E-state index in [9.17, 15) is 9.18 Å². The van der Waals surface area contributed by atoms with Gasteiger partial charge in [0.1, 0.15) is 11.6 Å². The van der Waals surface area contributed by atoms with Crippen molar-refractivity contribution in [3.8, 4) is 5.75 Å². The highest BCUT2D eigenvalue weighted by Gasteiger charge is 2.21. The number of nitrogens with two attached hydrogens (primary N) is 1. The zero-order chi connectivity index (χ0) is 13.5. The molecule has 0 heterocycles. The van der Waals surface area contributed by atoms with Crippen molar-refractivity contribution >= 4 is 11.7 Å². The zero-order valence-electron chi connectivity index (χ0n) is 10.6. The molecule has 0 bridgehead atoms. The minimum atomic E-state index is -0.710. The predicted octanol–water partition coefficient (Wildman–Crippen LogP) is 2.52. The van der Waals surface area contributed by atoms with Crippen LogP contribution >= 0.6 is 0 Å². The Morgan fingerprint density at radius 2 is 2.17 bits per heavy atom. The maximum atomic E-state index is 13.2. The summed E-state index contributed by atoms with van der Waals surface area (Å²) in [5.74, 6) is -0.726. The maximum absolute atomic E-state index is 13.2. The topological polar surface area (TPSA) is 61.5 Å². The maximum Gasteiger partial charge on any atom is 0.347 e. The molecule has 0 amide bonds. The van der Waals surface area contributed by atoms with Gasteiger partial charge in [0.15, 0.2) is 6.10 Å². The minimum Gasteiger partial charge on any atom is -0.479 e. The highest BCUT2D eigenvalue weighted by Crippen LogP contribution is 2.20. The first-order chi connectivity index (χ1) is 8.58. The second kappa shape index (κ2) is 6.83. The Morgan fingerprint density at radius 3 is 2.72 bits per heavy atom. The van der Waals surface area contributed by atoms with E-state index < -0.39 is 17.9 Å². The fourth-order valence-electron chi connectivity index (χ4n) is 1.47. The average Bonchev–Trinajstić information content (AvgIpc) is 2.33. The third-order valence-corrected chi connectivity index (χ3v) is 2.35. The Hall–Kier alpha value is -1.78. The molecule has 0 aliphatic carbocycles. The summed E-state index contributed by atoms with van der Waals surface area (Å²) in [4.78, 5) is 11.6. The molecule has 0 aliphatic heterocycles. The van der Waals surface area contributed by atoms with Gasteiger partial charge >= 0.3 is 5.97 Å². The van der Waals surface area contributed by atoms with Crippen molar-refractivity contribution in [2.75, 3.05) is 12.3 Å². The number of nitrogen functional groups attached to an aromatic ring is 1. The Morgan fingerprint density at radius 1 is 1.44 bits per heavy atom. The van der Waals surface area contributed by atoms with Crippen molar-refractivity contribution in [2.24, 2.45) is 0 Å². The molecule has 0 fully saturated rings. The monoisotopic (exact) mass is 255 g/mol. The van der Waals surface area contributed by atoms with E-state index in [1.165, 1.54) is 12.1 Å². The molecular formula is C13H18FNO3. The molecule has 100 valence electrons. The van der Waals surface area contributed by atoms with E-state index in [1.807, 2.05) is 6.92 Å². The highest BCUT2D eigenvalue weighted by atomic mass is 19.1. The van der Waals surface area contributed by atoms with Crippen LogP contribution in [0.4, 0.5) is 10.1 Å². The van der Waals surface area contributed by atoms with E-state index in [0.717, 1.165) is 12.5 Å². The van der Waals surface area contributed by atoms with Crippen molar-refractivity contribution in [1.82, 2.24) is 0 Å². The normalized spacial score (nSPS) is 11.9. The SMILES string of the molecule is CCCC(Oc1ccc(N)c(F)c1)C(=O)OCC. The summed E-state index contributed by atoms with van der Waals surface area (Å²) in [5.41, 5.74) is 5.41. The summed E-state index contributed by atoms with van der Waals surface area (Å²) >= 11 is 0. The Balaban J connectivity index is 2.76. The van der Waals surface area contributed by atoms with Gasteiger partial charge in [0, 0.05) is 6.07 Å². The van der Waals surface area contributed by atoms with Gasteiger partial charge in [0.25, 0.3) is 0 Å². The van der Waals surface area contributed by atoms with E-state index in [2.05, 4.69) is 0 Å². The fraction of sp³-hybridized carbons (Fsp3) is 0.462.